The smallest absolute Gasteiger partial charge is 0.122 e. The third-order valence-electron chi connectivity index (χ3n) is 3.97. The number of nitrogens with zero attached hydrogens (tertiary/aromatic N) is 1. The summed E-state index contributed by atoms with van der Waals surface area (Å²) in [7, 11) is 5.93. The molecule has 1 aliphatic rings. The Morgan fingerprint density at radius 2 is 1.83 bits per heavy atom. The molecule has 0 radical (unpaired) electrons. The highest BCUT2D eigenvalue weighted by Gasteiger charge is 2.47. The van der Waals surface area contributed by atoms with Crippen molar-refractivity contribution >= 4 is 0 Å². The Hall–Kier alpha value is -1.06. The van der Waals surface area contributed by atoms with E-state index in [2.05, 4.69) is 45.0 Å². The first-order valence-electron chi connectivity index (χ1n) is 6.49. The zero-order valence-corrected chi connectivity index (χ0v) is 12.1. The highest BCUT2D eigenvalue weighted by molar-refractivity contribution is 5.44. The highest BCUT2D eigenvalue weighted by Crippen LogP contribution is 2.47. The fraction of sp³-hybridized carbons (Fsp3) is 0.600. The molecule has 1 saturated carbocycles. The van der Waals surface area contributed by atoms with Crippen molar-refractivity contribution in [1.82, 2.24) is 4.90 Å². The lowest BCUT2D eigenvalue weighted by atomic mass is 9.91. The minimum absolute atomic E-state index is 0.0463. The molecule has 3 heteroatoms. The second-order valence-corrected chi connectivity index (χ2v) is 5.78. The van der Waals surface area contributed by atoms with Crippen LogP contribution in [-0.2, 0) is 0 Å². The van der Waals surface area contributed by atoms with Gasteiger partial charge >= 0.3 is 0 Å². The zero-order chi connectivity index (χ0) is 13.5. The van der Waals surface area contributed by atoms with Crippen LogP contribution in [0.2, 0.25) is 0 Å². The SMILES string of the molecule is COc1cc(C)c(C(N(C)C)C2(N)CC2)cc1C. The van der Waals surface area contributed by atoms with Gasteiger partial charge in [-0.15, -0.1) is 0 Å². The molecule has 0 saturated heterocycles. The monoisotopic (exact) mass is 248 g/mol. The molecule has 2 N–H and O–H groups in total. The second kappa shape index (κ2) is 4.56. The average Bonchev–Trinajstić information content (AvgIpc) is 3.01. The van der Waals surface area contributed by atoms with Crippen molar-refractivity contribution in [1.29, 1.82) is 0 Å². The standard InChI is InChI=1S/C15H24N2O/c1-10-9-13(18-5)11(2)8-12(10)14(17(3)4)15(16)6-7-15/h8-9,14H,6-7,16H2,1-5H3. The van der Waals surface area contributed by atoms with Crippen LogP contribution in [0.1, 0.15) is 35.6 Å². The van der Waals surface area contributed by atoms with Crippen molar-refractivity contribution in [3.05, 3.63) is 28.8 Å². The molecule has 0 spiro atoms. The predicted molar refractivity (Wildman–Crippen MR) is 75.0 cm³/mol. The Kier molecular flexibility index (Phi) is 3.39. The van der Waals surface area contributed by atoms with Gasteiger partial charge in [-0.2, -0.15) is 0 Å². The minimum atomic E-state index is -0.0463. The average molecular weight is 248 g/mol. The largest absolute Gasteiger partial charge is 0.496 e. The minimum Gasteiger partial charge on any atom is -0.496 e. The number of ether oxygens (including phenoxy) is 1. The van der Waals surface area contributed by atoms with E-state index in [0.717, 1.165) is 18.6 Å². The Labute approximate surface area is 110 Å². The lowest BCUT2D eigenvalue weighted by Crippen LogP contribution is -2.39. The summed E-state index contributed by atoms with van der Waals surface area (Å²) in [5, 5.41) is 0. The molecule has 1 fully saturated rings. The van der Waals surface area contributed by atoms with E-state index < -0.39 is 0 Å². The van der Waals surface area contributed by atoms with Crippen molar-refractivity contribution in [3.8, 4) is 5.75 Å². The van der Waals surface area contributed by atoms with Gasteiger partial charge in [-0.05, 0) is 63.5 Å². The maximum absolute atomic E-state index is 6.44. The van der Waals surface area contributed by atoms with Crippen LogP contribution in [0.15, 0.2) is 12.1 Å². The molecular formula is C15H24N2O. The van der Waals surface area contributed by atoms with Crippen LogP contribution in [0.4, 0.5) is 0 Å². The number of aryl methyl sites for hydroxylation is 2. The summed E-state index contributed by atoms with van der Waals surface area (Å²) < 4.78 is 5.38. The zero-order valence-electron chi connectivity index (χ0n) is 12.1. The van der Waals surface area contributed by atoms with Gasteiger partial charge in [-0.3, -0.25) is 0 Å². The Morgan fingerprint density at radius 1 is 1.22 bits per heavy atom. The van der Waals surface area contributed by atoms with E-state index in [4.69, 9.17) is 10.5 Å². The molecule has 1 aromatic rings. The molecule has 0 aromatic heterocycles. The molecular weight excluding hydrogens is 224 g/mol. The maximum atomic E-state index is 6.44. The number of benzene rings is 1. The molecule has 1 aromatic carbocycles. The number of hydrogen-bond acceptors (Lipinski definition) is 3. The normalized spacial score (nSPS) is 18.8. The molecule has 18 heavy (non-hydrogen) atoms. The van der Waals surface area contributed by atoms with Crippen LogP contribution in [0.3, 0.4) is 0 Å². The lowest BCUT2D eigenvalue weighted by Gasteiger charge is -2.32. The van der Waals surface area contributed by atoms with Gasteiger partial charge in [0.05, 0.1) is 13.2 Å². The van der Waals surface area contributed by atoms with Gasteiger partial charge in [0.25, 0.3) is 0 Å². The molecule has 3 nitrogen and oxygen atoms in total. The van der Waals surface area contributed by atoms with Crippen LogP contribution in [0.5, 0.6) is 5.75 Å². The van der Waals surface area contributed by atoms with Gasteiger partial charge in [0.15, 0.2) is 0 Å². The predicted octanol–water partition coefficient (Wildman–Crippen LogP) is 2.41. The van der Waals surface area contributed by atoms with Gasteiger partial charge in [0.2, 0.25) is 0 Å². The van der Waals surface area contributed by atoms with Crippen molar-refractivity contribution in [2.24, 2.45) is 5.73 Å². The Balaban J connectivity index is 2.45. The van der Waals surface area contributed by atoms with E-state index in [1.54, 1.807) is 7.11 Å². The third-order valence-corrected chi connectivity index (χ3v) is 3.97. The van der Waals surface area contributed by atoms with Crippen molar-refractivity contribution < 1.29 is 4.74 Å². The number of nitrogens with two attached hydrogens (primary N) is 1. The fourth-order valence-electron chi connectivity index (χ4n) is 2.85. The molecule has 0 bridgehead atoms. The van der Waals surface area contributed by atoms with Crippen LogP contribution in [-0.4, -0.2) is 31.6 Å². The van der Waals surface area contributed by atoms with E-state index in [1.807, 2.05) is 0 Å². The van der Waals surface area contributed by atoms with Crippen molar-refractivity contribution in [2.75, 3.05) is 21.2 Å². The molecule has 0 aliphatic heterocycles. The van der Waals surface area contributed by atoms with Crippen LogP contribution >= 0.6 is 0 Å². The Bertz CT molecular complexity index is 450. The Morgan fingerprint density at radius 3 is 2.28 bits per heavy atom. The molecule has 1 unspecified atom stereocenters. The van der Waals surface area contributed by atoms with Crippen molar-refractivity contribution in [3.63, 3.8) is 0 Å². The molecule has 1 aliphatic carbocycles. The molecule has 2 rings (SSSR count). The molecule has 100 valence electrons. The fourth-order valence-corrected chi connectivity index (χ4v) is 2.85. The topological polar surface area (TPSA) is 38.5 Å². The van der Waals surface area contributed by atoms with E-state index in [1.165, 1.54) is 16.7 Å². The van der Waals surface area contributed by atoms with Gasteiger partial charge in [0.1, 0.15) is 5.75 Å². The first kappa shape index (κ1) is 13.4. The van der Waals surface area contributed by atoms with Gasteiger partial charge < -0.3 is 15.4 Å². The van der Waals surface area contributed by atoms with Gasteiger partial charge in [-0.25, -0.2) is 0 Å². The first-order chi connectivity index (χ1) is 8.39. The third kappa shape index (κ3) is 2.25. The van der Waals surface area contributed by atoms with E-state index in [9.17, 15) is 0 Å². The quantitative estimate of drug-likeness (QED) is 0.889. The lowest BCUT2D eigenvalue weighted by molar-refractivity contribution is 0.244. The van der Waals surface area contributed by atoms with Crippen LogP contribution in [0.25, 0.3) is 0 Å². The summed E-state index contributed by atoms with van der Waals surface area (Å²) in [4.78, 5) is 2.24. The first-order valence-corrected chi connectivity index (χ1v) is 6.49. The molecule has 0 amide bonds. The number of likely N-dealkylation sites (N-methyl/N-ethyl adjacent to an activating group) is 1. The van der Waals surface area contributed by atoms with E-state index in [0.29, 0.717) is 6.04 Å². The summed E-state index contributed by atoms with van der Waals surface area (Å²) >= 11 is 0. The summed E-state index contributed by atoms with van der Waals surface area (Å²) in [5.74, 6) is 0.954. The van der Waals surface area contributed by atoms with Crippen molar-refractivity contribution in [2.45, 2.75) is 38.3 Å². The summed E-state index contributed by atoms with van der Waals surface area (Å²) in [6, 6.07) is 4.64. The number of rotatable bonds is 4. The van der Waals surface area contributed by atoms with Crippen LogP contribution < -0.4 is 10.5 Å². The second-order valence-electron chi connectivity index (χ2n) is 5.78. The summed E-state index contributed by atoms with van der Waals surface area (Å²) in [5.41, 5.74) is 10.2. The number of hydrogen-bond donors (Lipinski definition) is 1. The van der Waals surface area contributed by atoms with E-state index >= 15 is 0 Å². The van der Waals surface area contributed by atoms with E-state index in [-0.39, 0.29) is 5.54 Å². The van der Waals surface area contributed by atoms with Crippen LogP contribution in [0, 0.1) is 13.8 Å². The summed E-state index contributed by atoms with van der Waals surface area (Å²) in [6.07, 6.45) is 2.22. The molecule has 0 heterocycles. The maximum Gasteiger partial charge on any atom is 0.122 e. The molecule has 1 atom stereocenters. The number of methoxy groups -OCH3 is 1. The van der Waals surface area contributed by atoms with Gasteiger partial charge in [0, 0.05) is 5.54 Å². The summed E-state index contributed by atoms with van der Waals surface area (Å²) in [6.45, 7) is 4.23. The van der Waals surface area contributed by atoms with Gasteiger partial charge in [-0.1, -0.05) is 6.07 Å². The highest BCUT2D eigenvalue weighted by atomic mass is 16.5.